The highest BCUT2D eigenvalue weighted by molar-refractivity contribution is 7.97. The Balaban J connectivity index is 1.89. The SMILES string of the molecule is O=C(Oc1ccc([S+](c2ccccc2)c2ccccc2)cc1)C(F)(F)C(F)(F)S(=O)(=O)[O-]. The Kier molecular flexibility index (Phi) is 6.63. The van der Waals surface area contributed by atoms with Crippen molar-refractivity contribution in [2.45, 2.75) is 25.9 Å². The molecule has 0 aliphatic rings. The third-order valence-corrected chi connectivity index (χ3v) is 7.28. The van der Waals surface area contributed by atoms with Crippen LogP contribution in [-0.4, -0.2) is 30.1 Å². The van der Waals surface area contributed by atoms with Crippen LogP contribution in [0, 0.1) is 0 Å². The number of ether oxygens (including phenoxy) is 1. The maximum atomic E-state index is 13.6. The molecule has 0 aliphatic carbocycles. The van der Waals surface area contributed by atoms with Crippen LogP contribution in [0.5, 0.6) is 5.75 Å². The fraction of sp³-hybridized carbons (Fsp3) is 0.0952. The Morgan fingerprint density at radius 1 is 0.750 bits per heavy atom. The van der Waals surface area contributed by atoms with E-state index in [2.05, 4.69) is 4.74 Å². The number of alkyl halides is 4. The predicted octanol–water partition coefficient (Wildman–Crippen LogP) is 4.46. The molecule has 0 radical (unpaired) electrons. The van der Waals surface area contributed by atoms with Gasteiger partial charge in [0.2, 0.25) is 0 Å². The molecule has 3 aromatic rings. The van der Waals surface area contributed by atoms with Gasteiger partial charge in [0.25, 0.3) is 0 Å². The third-order valence-electron chi connectivity index (χ3n) is 4.16. The zero-order valence-electron chi connectivity index (χ0n) is 16.0. The summed E-state index contributed by atoms with van der Waals surface area (Å²) >= 11 is 0. The number of carbonyl (C=O) groups excluding carboxylic acids is 1. The predicted molar refractivity (Wildman–Crippen MR) is 107 cm³/mol. The standard InChI is InChI=1S/C21H14F4O5S2/c22-20(23,21(24,25)32(27,28)29)19(26)30-15-11-13-18(14-12-15)31(16-7-3-1-4-8-16)17-9-5-2-6-10-17/h1-14H. The van der Waals surface area contributed by atoms with Crippen LogP contribution in [0.2, 0.25) is 0 Å². The average molecular weight is 486 g/mol. The first-order valence-corrected chi connectivity index (χ1v) is 11.5. The molecule has 3 rings (SSSR count). The van der Waals surface area contributed by atoms with E-state index in [1.807, 2.05) is 60.7 Å². The number of halogens is 4. The van der Waals surface area contributed by atoms with E-state index in [1.165, 1.54) is 12.1 Å². The van der Waals surface area contributed by atoms with E-state index >= 15 is 0 Å². The zero-order chi connectivity index (χ0) is 23.6. The number of carbonyl (C=O) groups is 1. The molecule has 0 fully saturated rings. The van der Waals surface area contributed by atoms with E-state index in [1.54, 1.807) is 0 Å². The number of esters is 1. The highest BCUT2D eigenvalue weighted by Gasteiger charge is 2.68. The van der Waals surface area contributed by atoms with Gasteiger partial charge in [-0.25, -0.2) is 13.2 Å². The second-order valence-corrected chi connectivity index (χ2v) is 9.79. The van der Waals surface area contributed by atoms with E-state index < -0.39 is 43.9 Å². The lowest BCUT2D eigenvalue weighted by molar-refractivity contribution is -0.196. The molecule has 5 nitrogen and oxygen atoms in total. The van der Waals surface area contributed by atoms with Crippen molar-refractivity contribution in [3.05, 3.63) is 84.9 Å². The van der Waals surface area contributed by atoms with Crippen LogP contribution in [0.1, 0.15) is 0 Å². The van der Waals surface area contributed by atoms with Crippen LogP contribution in [0.3, 0.4) is 0 Å². The van der Waals surface area contributed by atoms with E-state index in [4.69, 9.17) is 0 Å². The quantitative estimate of drug-likeness (QED) is 0.162. The first-order valence-electron chi connectivity index (χ1n) is 8.83. The van der Waals surface area contributed by atoms with Gasteiger partial charge in [-0.15, -0.1) is 0 Å². The van der Waals surface area contributed by atoms with Crippen LogP contribution in [0.25, 0.3) is 0 Å². The van der Waals surface area contributed by atoms with Gasteiger partial charge in [0.15, 0.2) is 24.8 Å². The molecular weight excluding hydrogens is 472 g/mol. The van der Waals surface area contributed by atoms with Gasteiger partial charge >= 0.3 is 17.1 Å². The molecule has 0 bridgehead atoms. The van der Waals surface area contributed by atoms with Gasteiger partial charge in [0.1, 0.15) is 5.75 Å². The normalized spacial score (nSPS) is 12.6. The summed E-state index contributed by atoms with van der Waals surface area (Å²) in [5, 5.41) is -6.16. The van der Waals surface area contributed by atoms with Crippen LogP contribution in [0.15, 0.2) is 99.6 Å². The molecule has 0 heterocycles. The average Bonchev–Trinajstić information content (AvgIpc) is 2.75. The second kappa shape index (κ2) is 8.93. The van der Waals surface area contributed by atoms with Crippen molar-refractivity contribution in [1.82, 2.24) is 0 Å². The molecular formula is C21H14F4O5S2. The fourth-order valence-electron chi connectivity index (χ4n) is 2.61. The van der Waals surface area contributed by atoms with Crippen LogP contribution < -0.4 is 4.74 Å². The van der Waals surface area contributed by atoms with Crippen molar-refractivity contribution in [1.29, 1.82) is 0 Å². The summed E-state index contributed by atoms with van der Waals surface area (Å²) in [5.41, 5.74) is 0. The van der Waals surface area contributed by atoms with Gasteiger partial charge in [-0.2, -0.15) is 17.6 Å². The molecule has 0 unspecified atom stereocenters. The Hall–Kier alpha value is -2.89. The number of benzene rings is 3. The molecule has 3 aromatic carbocycles. The highest BCUT2D eigenvalue weighted by Crippen LogP contribution is 2.39. The minimum Gasteiger partial charge on any atom is -0.743 e. The van der Waals surface area contributed by atoms with Crippen molar-refractivity contribution in [2.75, 3.05) is 0 Å². The first kappa shape index (κ1) is 23.8. The molecule has 11 heteroatoms. The van der Waals surface area contributed by atoms with Crippen LogP contribution >= 0.6 is 0 Å². The second-order valence-electron chi connectivity index (χ2n) is 6.34. The Morgan fingerprint density at radius 2 is 1.16 bits per heavy atom. The number of rotatable bonds is 7. The van der Waals surface area contributed by atoms with Crippen molar-refractivity contribution in [3.8, 4) is 5.75 Å². The molecule has 168 valence electrons. The largest absolute Gasteiger partial charge is 0.743 e. The summed E-state index contributed by atoms with van der Waals surface area (Å²) in [6.07, 6.45) is 0. The number of hydrogen-bond acceptors (Lipinski definition) is 5. The van der Waals surface area contributed by atoms with E-state index in [-0.39, 0.29) is 0 Å². The summed E-state index contributed by atoms with van der Waals surface area (Å²) in [7, 11) is -7.42. The van der Waals surface area contributed by atoms with E-state index in [0.717, 1.165) is 21.9 Å². The van der Waals surface area contributed by atoms with Gasteiger partial charge in [-0.05, 0) is 48.5 Å². The maximum absolute atomic E-state index is 13.6. The molecule has 0 spiro atoms. The summed E-state index contributed by atoms with van der Waals surface area (Å²) < 4.78 is 89.4. The Morgan fingerprint density at radius 3 is 1.56 bits per heavy atom. The lowest BCUT2D eigenvalue weighted by Gasteiger charge is -2.26. The van der Waals surface area contributed by atoms with Crippen molar-refractivity contribution in [3.63, 3.8) is 0 Å². The molecule has 0 saturated heterocycles. The van der Waals surface area contributed by atoms with E-state index in [9.17, 15) is 35.3 Å². The van der Waals surface area contributed by atoms with E-state index in [0.29, 0.717) is 4.90 Å². The molecule has 0 atom stereocenters. The minimum absolute atomic E-state index is 0.526. The number of hydrogen-bond donors (Lipinski definition) is 0. The molecule has 32 heavy (non-hydrogen) atoms. The molecule has 0 saturated carbocycles. The zero-order valence-corrected chi connectivity index (χ0v) is 17.6. The molecule has 0 N–H and O–H groups in total. The van der Waals surface area contributed by atoms with Gasteiger partial charge in [-0.1, -0.05) is 36.4 Å². The van der Waals surface area contributed by atoms with Crippen molar-refractivity contribution < 1.29 is 40.1 Å². The monoisotopic (exact) mass is 486 g/mol. The van der Waals surface area contributed by atoms with Crippen molar-refractivity contribution in [2.24, 2.45) is 0 Å². The summed E-state index contributed by atoms with van der Waals surface area (Å²) in [4.78, 5) is 14.1. The van der Waals surface area contributed by atoms with Crippen LogP contribution in [0.4, 0.5) is 17.6 Å². The lowest BCUT2D eigenvalue weighted by Crippen LogP contribution is -2.53. The van der Waals surface area contributed by atoms with Gasteiger partial charge in [0, 0.05) is 0 Å². The molecule has 0 aliphatic heterocycles. The Bertz CT molecular complexity index is 1150. The lowest BCUT2D eigenvalue weighted by atomic mass is 10.3. The third kappa shape index (κ3) is 4.64. The fourth-order valence-corrected chi connectivity index (χ4v) is 5.09. The summed E-state index contributed by atoms with van der Waals surface area (Å²) in [6.45, 7) is 0. The molecule has 0 amide bonds. The van der Waals surface area contributed by atoms with Crippen LogP contribution in [-0.2, 0) is 25.8 Å². The smallest absolute Gasteiger partial charge is 0.418 e. The molecule has 0 aromatic heterocycles. The van der Waals surface area contributed by atoms with Crippen molar-refractivity contribution >= 4 is 27.0 Å². The summed E-state index contributed by atoms with van der Waals surface area (Å²) in [6, 6.07) is 23.8. The first-order chi connectivity index (χ1) is 14.9. The van der Waals surface area contributed by atoms with Gasteiger partial charge < -0.3 is 9.29 Å². The highest BCUT2D eigenvalue weighted by atomic mass is 32.2. The van der Waals surface area contributed by atoms with Gasteiger partial charge in [0.05, 0.1) is 10.9 Å². The minimum atomic E-state index is -6.81. The van der Waals surface area contributed by atoms with Gasteiger partial charge in [-0.3, -0.25) is 0 Å². The maximum Gasteiger partial charge on any atom is 0.418 e. The summed E-state index contributed by atoms with van der Waals surface area (Å²) in [5.74, 6) is -9.26. The topological polar surface area (TPSA) is 83.5 Å². The Labute approximate surface area is 183 Å².